The van der Waals surface area contributed by atoms with Crippen molar-refractivity contribution in [3.05, 3.63) is 70.7 Å². The Morgan fingerprint density at radius 2 is 1.84 bits per heavy atom. The maximum Gasteiger partial charge on any atom is 0.264 e. The summed E-state index contributed by atoms with van der Waals surface area (Å²) in [5.74, 6) is 0.159. The number of amides is 1. The van der Waals surface area contributed by atoms with E-state index in [0.29, 0.717) is 0 Å². The lowest BCUT2D eigenvalue weighted by Crippen LogP contribution is -2.48. The third-order valence-electron chi connectivity index (χ3n) is 4.45. The highest BCUT2D eigenvalue weighted by Crippen LogP contribution is 2.15. The zero-order valence-electron chi connectivity index (χ0n) is 13.9. The standard InChI is InChI=1S/C19H20N4OS/c24-19(18-7-4-12-25-18)22-10-8-21(9-11-22)14-16-13-20-23(15-16)17-5-2-1-3-6-17/h1-7,12-13,15H,8-11,14H2. The van der Waals surface area contributed by atoms with Crippen molar-refractivity contribution >= 4 is 17.2 Å². The smallest absolute Gasteiger partial charge is 0.264 e. The van der Waals surface area contributed by atoms with E-state index in [9.17, 15) is 4.79 Å². The molecule has 1 saturated heterocycles. The third-order valence-corrected chi connectivity index (χ3v) is 5.31. The van der Waals surface area contributed by atoms with Gasteiger partial charge in [-0.2, -0.15) is 5.10 Å². The van der Waals surface area contributed by atoms with E-state index in [1.54, 1.807) is 0 Å². The number of piperazine rings is 1. The summed E-state index contributed by atoms with van der Waals surface area (Å²) in [5, 5.41) is 6.41. The van der Waals surface area contributed by atoms with Gasteiger partial charge in [-0.05, 0) is 23.6 Å². The summed E-state index contributed by atoms with van der Waals surface area (Å²) >= 11 is 1.51. The Balaban J connectivity index is 1.33. The van der Waals surface area contributed by atoms with E-state index in [0.717, 1.165) is 43.3 Å². The summed E-state index contributed by atoms with van der Waals surface area (Å²) in [6.07, 6.45) is 4.01. The molecule has 3 aromatic rings. The Hall–Kier alpha value is -2.44. The molecule has 6 heteroatoms. The lowest BCUT2D eigenvalue weighted by molar-refractivity contribution is 0.0633. The van der Waals surface area contributed by atoms with Gasteiger partial charge < -0.3 is 4.90 Å². The van der Waals surface area contributed by atoms with E-state index < -0.39 is 0 Å². The molecular weight excluding hydrogens is 332 g/mol. The summed E-state index contributed by atoms with van der Waals surface area (Å²) < 4.78 is 1.91. The van der Waals surface area contributed by atoms with Crippen molar-refractivity contribution in [1.82, 2.24) is 19.6 Å². The van der Waals surface area contributed by atoms with Gasteiger partial charge in [0.25, 0.3) is 5.91 Å². The van der Waals surface area contributed by atoms with Crippen molar-refractivity contribution in [2.75, 3.05) is 26.2 Å². The Labute approximate surface area is 151 Å². The molecule has 1 aliphatic heterocycles. The minimum Gasteiger partial charge on any atom is -0.335 e. The quantitative estimate of drug-likeness (QED) is 0.725. The average Bonchev–Trinajstić information content (AvgIpc) is 3.35. The van der Waals surface area contributed by atoms with Crippen LogP contribution in [0.2, 0.25) is 0 Å². The van der Waals surface area contributed by atoms with Crippen LogP contribution in [0.25, 0.3) is 5.69 Å². The van der Waals surface area contributed by atoms with Crippen molar-refractivity contribution in [2.24, 2.45) is 0 Å². The van der Waals surface area contributed by atoms with Crippen LogP contribution in [0.5, 0.6) is 0 Å². The minimum absolute atomic E-state index is 0.159. The van der Waals surface area contributed by atoms with Gasteiger partial charge in [0.1, 0.15) is 0 Å². The first kappa shape index (κ1) is 16.1. The van der Waals surface area contributed by atoms with Crippen LogP contribution in [0.3, 0.4) is 0 Å². The Bertz CT molecular complexity index is 820. The molecular formula is C19H20N4OS. The second-order valence-corrected chi connectivity index (χ2v) is 7.12. The van der Waals surface area contributed by atoms with Gasteiger partial charge in [-0.1, -0.05) is 24.3 Å². The molecule has 2 aromatic heterocycles. The molecule has 0 bridgehead atoms. The molecule has 0 aliphatic carbocycles. The van der Waals surface area contributed by atoms with E-state index in [1.807, 2.05) is 63.6 Å². The molecule has 1 amide bonds. The highest BCUT2D eigenvalue weighted by Gasteiger charge is 2.22. The lowest BCUT2D eigenvalue weighted by atomic mass is 10.2. The van der Waals surface area contributed by atoms with Gasteiger partial charge >= 0.3 is 0 Å². The number of thiophene rings is 1. The maximum atomic E-state index is 12.4. The van der Waals surface area contributed by atoms with Gasteiger partial charge in [-0.25, -0.2) is 4.68 Å². The van der Waals surface area contributed by atoms with E-state index >= 15 is 0 Å². The predicted octanol–water partition coefficient (Wildman–Crippen LogP) is 2.89. The van der Waals surface area contributed by atoms with Crippen LogP contribution in [-0.4, -0.2) is 51.7 Å². The number of para-hydroxylation sites is 1. The Kier molecular flexibility index (Phi) is 4.63. The fourth-order valence-electron chi connectivity index (χ4n) is 3.09. The summed E-state index contributed by atoms with van der Waals surface area (Å²) in [5.41, 5.74) is 2.27. The minimum atomic E-state index is 0.159. The highest BCUT2D eigenvalue weighted by atomic mass is 32.1. The zero-order valence-corrected chi connectivity index (χ0v) is 14.7. The molecule has 1 aromatic carbocycles. The molecule has 128 valence electrons. The number of benzene rings is 1. The second-order valence-electron chi connectivity index (χ2n) is 6.17. The van der Waals surface area contributed by atoms with Crippen LogP contribution in [0.4, 0.5) is 0 Å². The van der Waals surface area contributed by atoms with E-state index in [1.165, 1.54) is 16.9 Å². The van der Waals surface area contributed by atoms with Crippen molar-refractivity contribution in [3.8, 4) is 5.69 Å². The molecule has 0 radical (unpaired) electrons. The first-order valence-corrected chi connectivity index (χ1v) is 9.32. The summed E-state index contributed by atoms with van der Waals surface area (Å²) in [6.45, 7) is 4.22. The summed E-state index contributed by atoms with van der Waals surface area (Å²) in [7, 11) is 0. The van der Waals surface area contributed by atoms with Gasteiger partial charge in [0.15, 0.2) is 0 Å². The number of aromatic nitrogens is 2. The monoisotopic (exact) mass is 352 g/mol. The molecule has 25 heavy (non-hydrogen) atoms. The first-order chi connectivity index (χ1) is 12.3. The van der Waals surface area contributed by atoms with Crippen molar-refractivity contribution < 1.29 is 4.79 Å². The molecule has 5 nitrogen and oxygen atoms in total. The topological polar surface area (TPSA) is 41.4 Å². The largest absolute Gasteiger partial charge is 0.335 e. The molecule has 1 fully saturated rings. The number of rotatable bonds is 4. The molecule has 0 spiro atoms. The number of hydrogen-bond acceptors (Lipinski definition) is 4. The molecule has 0 unspecified atom stereocenters. The van der Waals surface area contributed by atoms with Crippen LogP contribution >= 0.6 is 11.3 Å². The van der Waals surface area contributed by atoms with Crippen LogP contribution in [0, 0.1) is 0 Å². The average molecular weight is 352 g/mol. The van der Waals surface area contributed by atoms with E-state index in [4.69, 9.17) is 0 Å². The summed E-state index contributed by atoms with van der Waals surface area (Å²) in [6, 6.07) is 14.0. The van der Waals surface area contributed by atoms with Gasteiger partial charge in [0.2, 0.25) is 0 Å². The normalized spacial score (nSPS) is 15.4. The zero-order chi connectivity index (χ0) is 17.1. The van der Waals surface area contributed by atoms with E-state index in [2.05, 4.69) is 16.2 Å². The third kappa shape index (κ3) is 3.65. The predicted molar refractivity (Wildman–Crippen MR) is 99.1 cm³/mol. The van der Waals surface area contributed by atoms with Crippen LogP contribution in [0.15, 0.2) is 60.2 Å². The Morgan fingerprint density at radius 3 is 2.56 bits per heavy atom. The fraction of sp³-hybridized carbons (Fsp3) is 0.263. The van der Waals surface area contributed by atoms with Crippen LogP contribution in [0.1, 0.15) is 15.2 Å². The van der Waals surface area contributed by atoms with Crippen LogP contribution < -0.4 is 0 Å². The highest BCUT2D eigenvalue weighted by molar-refractivity contribution is 7.12. The molecule has 3 heterocycles. The lowest BCUT2D eigenvalue weighted by Gasteiger charge is -2.34. The molecule has 0 saturated carbocycles. The van der Waals surface area contributed by atoms with Gasteiger partial charge in [-0.15, -0.1) is 11.3 Å². The van der Waals surface area contributed by atoms with Crippen molar-refractivity contribution in [3.63, 3.8) is 0 Å². The number of nitrogens with zero attached hydrogens (tertiary/aromatic N) is 4. The fourth-order valence-corrected chi connectivity index (χ4v) is 3.78. The number of carbonyl (C=O) groups is 1. The maximum absolute atomic E-state index is 12.4. The van der Waals surface area contributed by atoms with Crippen LogP contribution in [-0.2, 0) is 6.54 Å². The number of hydrogen-bond donors (Lipinski definition) is 0. The molecule has 1 aliphatic rings. The number of carbonyl (C=O) groups excluding carboxylic acids is 1. The first-order valence-electron chi connectivity index (χ1n) is 8.44. The summed E-state index contributed by atoms with van der Waals surface area (Å²) in [4.78, 5) is 17.6. The molecule has 0 atom stereocenters. The SMILES string of the molecule is O=C(c1cccs1)N1CCN(Cc2cnn(-c3ccccc3)c2)CC1. The molecule has 0 N–H and O–H groups in total. The van der Waals surface area contributed by atoms with Gasteiger partial charge in [-0.3, -0.25) is 9.69 Å². The Morgan fingerprint density at radius 1 is 1.04 bits per heavy atom. The van der Waals surface area contributed by atoms with E-state index in [-0.39, 0.29) is 5.91 Å². The van der Waals surface area contributed by atoms with Crippen molar-refractivity contribution in [2.45, 2.75) is 6.54 Å². The second kappa shape index (κ2) is 7.21. The van der Waals surface area contributed by atoms with Gasteiger partial charge in [0, 0.05) is 44.5 Å². The van der Waals surface area contributed by atoms with Gasteiger partial charge in [0.05, 0.1) is 16.8 Å². The molecule has 4 rings (SSSR count). The van der Waals surface area contributed by atoms with Crippen molar-refractivity contribution in [1.29, 1.82) is 0 Å².